The summed E-state index contributed by atoms with van der Waals surface area (Å²) < 4.78 is 16.0. The van der Waals surface area contributed by atoms with Gasteiger partial charge in [-0.3, -0.25) is 0 Å². The molecule has 1 heterocycles. The van der Waals surface area contributed by atoms with Gasteiger partial charge in [-0.2, -0.15) is 0 Å². The zero-order chi connectivity index (χ0) is 22.5. The fraction of sp³-hybridized carbons (Fsp3) is 0.450. The summed E-state index contributed by atoms with van der Waals surface area (Å²) in [6, 6.07) is 5.88. The molecule has 1 fully saturated rings. The standard InChI is InChI=1S/C20H27N3O8/c24-15-1-3-16(4-2-15)30-14-17(31-19(27)6-5-18(25)26)13-21-7-8-22-20(28)23-9-11-29-12-10-23/h1-6,17,21,24H,7-14H2,(H,22,28)(H,25,26)/b6-5+. The van der Waals surface area contributed by atoms with Crippen molar-refractivity contribution in [2.24, 2.45) is 0 Å². The molecule has 11 nitrogen and oxygen atoms in total. The van der Waals surface area contributed by atoms with Crippen LogP contribution in [0.15, 0.2) is 36.4 Å². The van der Waals surface area contributed by atoms with E-state index in [1.54, 1.807) is 17.0 Å². The number of morpholine rings is 1. The number of phenolic OH excluding ortho intramolecular Hbond substituents is 1. The van der Waals surface area contributed by atoms with E-state index in [0.29, 0.717) is 51.2 Å². The van der Waals surface area contributed by atoms with Gasteiger partial charge in [0, 0.05) is 44.9 Å². The molecule has 0 aliphatic carbocycles. The normalized spacial score (nSPS) is 14.8. The smallest absolute Gasteiger partial charge is 0.331 e. The van der Waals surface area contributed by atoms with Gasteiger partial charge in [-0.1, -0.05) is 0 Å². The average molecular weight is 437 g/mol. The molecule has 1 atom stereocenters. The van der Waals surface area contributed by atoms with Crippen LogP contribution in [0.25, 0.3) is 0 Å². The summed E-state index contributed by atoms with van der Waals surface area (Å²) in [6.45, 7) is 3.17. The Bertz CT molecular complexity index is 747. The van der Waals surface area contributed by atoms with Gasteiger partial charge in [0.15, 0.2) is 0 Å². The number of esters is 1. The van der Waals surface area contributed by atoms with E-state index in [-0.39, 0.29) is 24.9 Å². The van der Waals surface area contributed by atoms with Crippen molar-refractivity contribution in [2.45, 2.75) is 6.10 Å². The molecular formula is C20H27N3O8. The Balaban J connectivity index is 1.76. The van der Waals surface area contributed by atoms with Gasteiger partial charge in [0.25, 0.3) is 0 Å². The molecule has 1 aliphatic heterocycles. The molecule has 0 saturated carbocycles. The first-order valence-electron chi connectivity index (χ1n) is 9.78. The number of carboxylic acids is 1. The van der Waals surface area contributed by atoms with E-state index in [1.165, 1.54) is 12.1 Å². The maximum Gasteiger partial charge on any atom is 0.331 e. The summed E-state index contributed by atoms with van der Waals surface area (Å²) in [6.07, 6.45) is 0.794. The zero-order valence-corrected chi connectivity index (χ0v) is 17.0. The van der Waals surface area contributed by atoms with Crippen molar-refractivity contribution < 1.29 is 38.8 Å². The number of carbonyl (C=O) groups excluding carboxylic acids is 2. The predicted molar refractivity (Wildman–Crippen MR) is 109 cm³/mol. The number of nitrogens with zero attached hydrogens (tertiary/aromatic N) is 1. The molecule has 0 spiro atoms. The lowest BCUT2D eigenvalue weighted by molar-refractivity contribution is -0.144. The zero-order valence-electron chi connectivity index (χ0n) is 17.0. The first-order valence-corrected chi connectivity index (χ1v) is 9.78. The molecule has 1 aliphatic rings. The Kier molecular flexibility index (Phi) is 10.1. The molecule has 11 heteroatoms. The van der Waals surface area contributed by atoms with Crippen LogP contribution in [-0.4, -0.2) is 91.7 Å². The Morgan fingerprint density at radius 2 is 1.84 bits per heavy atom. The van der Waals surface area contributed by atoms with Gasteiger partial charge >= 0.3 is 18.0 Å². The Labute approximate surface area is 179 Å². The molecule has 0 aromatic heterocycles. The number of carbonyl (C=O) groups is 3. The molecule has 4 N–H and O–H groups in total. The van der Waals surface area contributed by atoms with Crippen LogP contribution in [-0.2, 0) is 19.1 Å². The van der Waals surface area contributed by atoms with Gasteiger partial charge in [0.1, 0.15) is 24.2 Å². The highest BCUT2D eigenvalue weighted by atomic mass is 16.6. The quantitative estimate of drug-likeness (QED) is 0.213. The number of amides is 2. The van der Waals surface area contributed by atoms with Crippen LogP contribution in [0, 0.1) is 0 Å². The van der Waals surface area contributed by atoms with E-state index in [2.05, 4.69) is 10.6 Å². The first-order chi connectivity index (χ1) is 14.9. The minimum Gasteiger partial charge on any atom is -0.508 e. The Morgan fingerprint density at radius 3 is 2.52 bits per heavy atom. The average Bonchev–Trinajstić information content (AvgIpc) is 2.77. The number of hydrogen-bond donors (Lipinski definition) is 4. The maximum absolute atomic E-state index is 12.0. The maximum atomic E-state index is 12.0. The minimum absolute atomic E-state index is 0.00453. The van der Waals surface area contributed by atoms with Gasteiger partial charge in [-0.15, -0.1) is 0 Å². The second kappa shape index (κ2) is 13.1. The topological polar surface area (TPSA) is 147 Å². The highest BCUT2D eigenvalue weighted by Crippen LogP contribution is 2.16. The van der Waals surface area contributed by atoms with Crippen molar-refractivity contribution in [3.63, 3.8) is 0 Å². The number of urea groups is 1. The third-order valence-corrected chi connectivity index (χ3v) is 4.17. The third-order valence-electron chi connectivity index (χ3n) is 4.17. The van der Waals surface area contributed by atoms with E-state index >= 15 is 0 Å². The van der Waals surface area contributed by atoms with Crippen LogP contribution < -0.4 is 15.4 Å². The van der Waals surface area contributed by atoms with Crippen LogP contribution in [0.1, 0.15) is 0 Å². The van der Waals surface area contributed by atoms with E-state index < -0.39 is 18.0 Å². The third kappa shape index (κ3) is 9.83. The highest BCUT2D eigenvalue weighted by Gasteiger charge is 2.17. The number of nitrogens with one attached hydrogen (secondary N) is 2. The number of phenols is 1. The number of rotatable bonds is 11. The Hall–Kier alpha value is -3.31. The van der Waals surface area contributed by atoms with E-state index in [9.17, 15) is 19.5 Å². The fourth-order valence-electron chi connectivity index (χ4n) is 2.61. The first kappa shape index (κ1) is 24.0. The number of carboxylic acid groups (broad SMARTS) is 1. The molecular weight excluding hydrogens is 410 g/mol. The second-order valence-corrected chi connectivity index (χ2v) is 6.57. The van der Waals surface area contributed by atoms with Crippen molar-refractivity contribution in [2.75, 3.05) is 52.5 Å². The second-order valence-electron chi connectivity index (χ2n) is 6.57. The minimum atomic E-state index is -1.26. The molecule has 2 amide bonds. The van der Waals surface area contributed by atoms with Gasteiger partial charge in [0.2, 0.25) is 0 Å². The molecule has 1 saturated heterocycles. The largest absolute Gasteiger partial charge is 0.508 e. The monoisotopic (exact) mass is 437 g/mol. The van der Waals surface area contributed by atoms with Crippen LogP contribution in [0.5, 0.6) is 11.5 Å². The van der Waals surface area contributed by atoms with Crippen molar-refractivity contribution >= 4 is 18.0 Å². The van der Waals surface area contributed by atoms with Crippen molar-refractivity contribution in [1.29, 1.82) is 0 Å². The van der Waals surface area contributed by atoms with Gasteiger partial charge in [-0.25, -0.2) is 14.4 Å². The lowest BCUT2D eigenvalue weighted by Crippen LogP contribution is -2.47. The summed E-state index contributed by atoms with van der Waals surface area (Å²) in [7, 11) is 0. The predicted octanol–water partition coefficient (Wildman–Crippen LogP) is -0.0450. The van der Waals surface area contributed by atoms with Gasteiger partial charge in [-0.05, 0) is 24.3 Å². The molecule has 1 aromatic rings. The number of ether oxygens (including phenoxy) is 3. The van der Waals surface area contributed by atoms with E-state index in [4.69, 9.17) is 19.3 Å². The number of aliphatic carboxylic acids is 1. The molecule has 1 unspecified atom stereocenters. The summed E-state index contributed by atoms with van der Waals surface area (Å²) in [5.41, 5.74) is 0. The summed E-state index contributed by atoms with van der Waals surface area (Å²) in [5.74, 6) is -1.51. The summed E-state index contributed by atoms with van der Waals surface area (Å²) in [4.78, 5) is 36.0. The van der Waals surface area contributed by atoms with E-state index in [0.717, 1.165) is 6.08 Å². The molecule has 0 bridgehead atoms. The molecule has 31 heavy (non-hydrogen) atoms. The molecule has 170 valence electrons. The number of hydrogen-bond acceptors (Lipinski definition) is 8. The van der Waals surface area contributed by atoms with Crippen molar-refractivity contribution in [3.8, 4) is 11.5 Å². The van der Waals surface area contributed by atoms with Crippen molar-refractivity contribution in [3.05, 3.63) is 36.4 Å². The van der Waals surface area contributed by atoms with Crippen LogP contribution >= 0.6 is 0 Å². The van der Waals surface area contributed by atoms with Crippen LogP contribution in [0.2, 0.25) is 0 Å². The molecule has 2 rings (SSSR count). The van der Waals surface area contributed by atoms with Crippen LogP contribution in [0.3, 0.4) is 0 Å². The summed E-state index contributed by atoms with van der Waals surface area (Å²) in [5, 5.41) is 23.8. The fourth-order valence-corrected chi connectivity index (χ4v) is 2.61. The molecule has 0 radical (unpaired) electrons. The lowest BCUT2D eigenvalue weighted by Gasteiger charge is -2.27. The number of benzene rings is 1. The van der Waals surface area contributed by atoms with E-state index in [1.807, 2.05) is 0 Å². The van der Waals surface area contributed by atoms with Crippen molar-refractivity contribution in [1.82, 2.24) is 15.5 Å². The van der Waals surface area contributed by atoms with Gasteiger partial charge in [0.05, 0.1) is 13.2 Å². The highest BCUT2D eigenvalue weighted by molar-refractivity contribution is 5.90. The Morgan fingerprint density at radius 1 is 1.13 bits per heavy atom. The SMILES string of the molecule is O=C(O)/C=C/C(=O)OC(CNCCNC(=O)N1CCOCC1)COc1ccc(O)cc1. The summed E-state index contributed by atoms with van der Waals surface area (Å²) >= 11 is 0. The van der Waals surface area contributed by atoms with Gasteiger partial charge < -0.3 is 40.0 Å². The lowest BCUT2D eigenvalue weighted by atomic mass is 10.3. The number of aromatic hydroxyl groups is 1. The van der Waals surface area contributed by atoms with Crippen LogP contribution in [0.4, 0.5) is 4.79 Å². The molecule has 1 aromatic carbocycles.